The second-order valence-corrected chi connectivity index (χ2v) is 6.23. The van der Waals surface area contributed by atoms with Gasteiger partial charge in [-0.2, -0.15) is 0 Å². The van der Waals surface area contributed by atoms with E-state index >= 15 is 0 Å². The summed E-state index contributed by atoms with van der Waals surface area (Å²) in [6.07, 6.45) is 0.633. The molecular weight excluding hydrogens is 302 g/mol. The van der Waals surface area contributed by atoms with E-state index in [9.17, 15) is 4.79 Å². The van der Waals surface area contributed by atoms with Crippen molar-refractivity contribution in [2.75, 3.05) is 28.3 Å². The summed E-state index contributed by atoms with van der Waals surface area (Å²) in [6.45, 7) is 1.97. The van der Waals surface area contributed by atoms with Crippen molar-refractivity contribution in [2.24, 2.45) is 0 Å². The number of hydrogen-bond donors (Lipinski definition) is 0. The third-order valence-electron chi connectivity index (χ3n) is 4.51. The Labute approximate surface area is 144 Å². The van der Waals surface area contributed by atoms with Crippen LogP contribution in [0.1, 0.15) is 22.8 Å². The maximum atomic E-state index is 13.2. The van der Waals surface area contributed by atoms with Gasteiger partial charge in [-0.1, -0.05) is 30.3 Å². The SMILES string of the molecule is COc1ccc(C(=O)C(C)(Cc2ccccc2)N(C)C)cc1OC. The summed E-state index contributed by atoms with van der Waals surface area (Å²) >= 11 is 0. The van der Waals surface area contributed by atoms with E-state index in [0.29, 0.717) is 23.5 Å². The second-order valence-electron chi connectivity index (χ2n) is 6.23. The Hall–Kier alpha value is -2.33. The topological polar surface area (TPSA) is 38.8 Å². The minimum absolute atomic E-state index is 0.0531. The van der Waals surface area contributed by atoms with Crippen LogP contribution in [0.2, 0.25) is 0 Å². The lowest BCUT2D eigenvalue weighted by molar-refractivity contribution is 0.0718. The molecule has 0 aliphatic rings. The molecule has 0 bridgehead atoms. The Kier molecular flexibility index (Phi) is 5.62. The number of ketones is 1. The minimum Gasteiger partial charge on any atom is -0.493 e. The van der Waals surface area contributed by atoms with E-state index in [2.05, 4.69) is 0 Å². The molecule has 0 heterocycles. The molecule has 0 N–H and O–H groups in total. The minimum atomic E-state index is -0.652. The molecule has 0 aromatic heterocycles. The van der Waals surface area contributed by atoms with Gasteiger partial charge in [0.25, 0.3) is 0 Å². The van der Waals surface area contributed by atoms with Gasteiger partial charge >= 0.3 is 0 Å². The molecule has 4 nitrogen and oxygen atoms in total. The number of methoxy groups -OCH3 is 2. The smallest absolute Gasteiger partial charge is 0.183 e. The third-order valence-corrected chi connectivity index (χ3v) is 4.51. The summed E-state index contributed by atoms with van der Waals surface area (Å²) < 4.78 is 10.6. The van der Waals surface area contributed by atoms with Gasteiger partial charge in [0, 0.05) is 5.56 Å². The van der Waals surface area contributed by atoms with Crippen LogP contribution in [-0.2, 0) is 6.42 Å². The number of hydrogen-bond acceptors (Lipinski definition) is 4. The Morgan fingerprint density at radius 3 is 2.17 bits per heavy atom. The highest BCUT2D eigenvalue weighted by Gasteiger charge is 2.36. The lowest BCUT2D eigenvalue weighted by Gasteiger charge is -2.35. The molecule has 2 aromatic rings. The van der Waals surface area contributed by atoms with Gasteiger partial charge < -0.3 is 9.47 Å². The molecule has 2 aromatic carbocycles. The number of likely N-dealkylation sites (N-methyl/N-ethyl adjacent to an activating group) is 1. The molecule has 0 saturated carbocycles. The van der Waals surface area contributed by atoms with E-state index < -0.39 is 5.54 Å². The fourth-order valence-corrected chi connectivity index (χ4v) is 2.72. The molecule has 0 spiro atoms. The van der Waals surface area contributed by atoms with Crippen molar-refractivity contribution in [1.29, 1.82) is 0 Å². The van der Waals surface area contributed by atoms with Gasteiger partial charge in [0.2, 0.25) is 0 Å². The fourth-order valence-electron chi connectivity index (χ4n) is 2.72. The standard InChI is InChI=1S/C20H25NO3/c1-20(21(2)3,14-15-9-7-6-8-10-15)19(22)16-11-12-17(23-4)18(13-16)24-5/h6-13H,14H2,1-5H3. The first-order chi connectivity index (χ1) is 11.4. The molecular formula is C20H25NO3. The van der Waals surface area contributed by atoms with E-state index in [4.69, 9.17) is 9.47 Å². The maximum Gasteiger partial charge on any atom is 0.183 e. The molecule has 0 aliphatic carbocycles. The van der Waals surface area contributed by atoms with Gasteiger partial charge in [-0.3, -0.25) is 9.69 Å². The molecule has 0 fully saturated rings. The van der Waals surface area contributed by atoms with Crippen LogP contribution in [0.15, 0.2) is 48.5 Å². The fraction of sp³-hybridized carbons (Fsp3) is 0.350. The van der Waals surface area contributed by atoms with Gasteiger partial charge in [-0.15, -0.1) is 0 Å². The van der Waals surface area contributed by atoms with Crippen LogP contribution >= 0.6 is 0 Å². The predicted octanol–water partition coefficient (Wildman–Crippen LogP) is 3.45. The van der Waals surface area contributed by atoms with Crippen molar-refractivity contribution in [3.63, 3.8) is 0 Å². The zero-order chi connectivity index (χ0) is 17.7. The lowest BCUT2D eigenvalue weighted by atomic mass is 9.84. The number of rotatable bonds is 7. The first-order valence-corrected chi connectivity index (χ1v) is 7.90. The number of Topliss-reactive ketones (excluding diaryl/α,β-unsaturated/α-hetero) is 1. The highest BCUT2D eigenvalue weighted by atomic mass is 16.5. The van der Waals surface area contributed by atoms with Gasteiger partial charge in [-0.25, -0.2) is 0 Å². The van der Waals surface area contributed by atoms with Gasteiger partial charge in [0.15, 0.2) is 17.3 Å². The summed E-state index contributed by atoms with van der Waals surface area (Å²) in [6, 6.07) is 15.4. The van der Waals surface area contributed by atoms with Gasteiger partial charge in [0.1, 0.15) is 0 Å². The maximum absolute atomic E-state index is 13.2. The van der Waals surface area contributed by atoms with Crippen molar-refractivity contribution >= 4 is 5.78 Å². The number of benzene rings is 2. The Bertz CT molecular complexity index is 697. The third kappa shape index (κ3) is 3.60. The van der Waals surface area contributed by atoms with E-state index in [-0.39, 0.29) is 5.78 Å². The van der Waals surface area contributed by atoms with Crippen LogP contribution in [0.3, 0.4) is 0 Å². The highest BCUT2D eigenvalue weighted by molar-refractivity contribution is 6.03. The largest absolute Gasteiger partial charge is 0.493 e. The number of ether oxygens (including phenoxy) is 2. The Morgan fingerprint density at radius 1 is 1.00 bits per heavy atom. The second kappa shape index (κ2) is 7.49. The van der Waals surface area contributed by atoms with E-state index in [1.54, 1.807) is 32.4 Å². The summed E-state index contributed by atoms with van der Waals surface area (Å²) in [5, 5.41) is 0. The van der Waals surface area contributed by atoms with Crippen molar-refractivity contribution in [3.8, 4) is 11.5 Å². The number of nitrogens with zero attached hydrogens (tertiary/aromatic N) is 1. The first-order valence-electron chi connectivity index (χ1n) is 7.90. The van der Waals surface area contributed by atoms with Crippen LogP contribution in [0.4, 0.5) is 0 Å². The lowest BCUT2D eigenvalue weighted by Crippen LogP contribution is -2.50. The molecule has 24 heavy (non-hydrogen) atoms. The van der Waals surface area contributed by atoms with Crippen molar-refractivity contribution in [2.45, 2.75) is 18.9 Å². The molecule has 0 saturated heterocycles. The molecule has 1 unspecified atom stereocenters. The Balaban J connectivity index is 2.39. The molecule has 2 rings (SSSR count). The van der Waals surface area contributed by atoms with Gasteiger partial charge in [-0.05, 0) is 51.2 Å². The van der Waals surface area contributed by atoms with Crippen LogP contribution in [0.25, 0.3) is 0 Å². The van der Waals surface area contributed by atoms with E-state index in [0.717, 1.165) is 5.56 Å². The Morgan fingerprint density at radius 2 is 1.62 bits per heavy atom. The predicted molar refractivity (Wildman–Crippen MR) is 96.1 cm³/mol. The molecule has 0 amide bonds. The molecule has 0 aliphatic heterocycles. The number of carbonyl (C=O) groups is 1. The van der Waals surface area contributed by atoms with Crippen LogP contribution in [0, 0.1) is 0 Å². The average molecular weight is 327 g/mol. The first kappa shape index (κ1) is 18.0. The summed E-state index contributed by atoms with van der Waals surface area (Å²) in [7, 11) is 7.02. The monoisotopic (exact) mass is 327 g/mol. The normalized spacial score (nSPS) is 13.4. The van der Waals surface area contributed by atoms with E-state index in [1.807, 2.05) is 56.3 Å². The molecule has 128 valence electrons. The van der Waals surface area contributed by atoms with Crippen molar-refractivity contribution in [1.82, 2.24) is 4.90 Å². The molecule has 0 radical (unpaired) electrons. The zero-order valence-corrected chi connectivity index (χ0v) is 15.0. The van der Waals surface area contributed by atoms with Crippen LogP contribution < -0.4 is 9.47 Å². The molecule has 1 atom stereocenters. The zero-order valence-electron chi connectivity index (χ0n) is 15.0. The quantitative estimate of drug-likeness (QED) is 0.730. The summed E-state index contributed by atoms with van der Waals surface area (Å²) in [4.78, 5) is 15.2. The summed E-state index contributed by atoms with van der Waals surface area (Å²) in [5.74, 6) is 1.23. The van der Waals surface area contributed by atoms with Crippen LogP contribution in [0.5, 0.6) is 11.5 Å². The van der Waals surface area contributed by atoms with E-state index in [1.165, 1.54) is 0 Å². The number of carbonyl (C=O) groups excluding carboxylic acids is 1. The average Bonchev–Trinajstić information content (AvgIpc) is 2.61. The van der Waals surface area contributed by atoms with Crippen molar-refractivity contribution < 1.29 is 14.3 Å². The molecule has 4 heteroatoms. The van der Waals surface area contributed by atoms with Gasteiger partial charge in [0.05, 0.1) is 19.8 Å². The van der Waals surface area contributed by atoms with Crippen LogP contribution in [-0.4, -0.2) is 44.5 Å². The van der Waals surface area contributed by atoms with Crippen molar-refractivity contribution in [3.05, 3.63) is 59.7 Å². The summed E-state index contributed by atoms with van der Waals surface area (Å²) in [5.41, 5.74) is 1.09. The highest BCUT2D eigenvalue weighted by Crippen LogP contribution is 2.31.